The summed E-state index contributed by atoms with van der Waals surface area (Å²) in [5.74, 6) is 0.893. The largest absolute Gasteiger partial charge is 0.344 e. The lowest BCUT2D eigenvalue weighted by Gasteiger charge is -2.42. The summed E-state index contributed by atoms with van der Waals surface area (Å²) in [6.07, 6.45) is 7.86. The van der Waals surface area contributed by atoms with E-state index in [-0.39, 0.29) is 10.8 Å². The molecule has 4 nitrogen and oxygen atoms in total. The average molecular weight is 441 g/mol. The van der Waals surface area contributed by atoms with Crippen molar-refractivity contribution in [2.45, 2.75) is 84.0 Å². The molecule has 0 saturated carbocycles. The van der Waals surface area contributed by atoms with E-state index in [2.05, 4.69) is 62.6 Å². The van der Waals surface area contributed by atoms with E-state index in [0.29, 0.717) is 0 Å². The number of hydrogen-bond donors (Lipinski definition) is 0. The highest BCUT2D eigenvalue weighted by Crippen LogP contribution is 2.46. The number of fused-ring (bicyclic) bond motifs is 1. The standard InChI is InChI=1S/C26H40N4S/c1-6-7-8-9-14-29-15-17-30(18-16-29)24-27-23(28-31-24)20-10-11-21-22(19-20)26(4,5)13-12-25(21,2)3/h10-11,19H,6-9,12-18H2,1-5H3. The Kier molecular flexibility index (Phi) is 6.73. The molecule has 1 aromatic heterocycles. The molecule has 1 fully saturated rings. The van der Waals surface area contributed by atoms with Gasteiger partial charge in [-0.05, 0) is 53.8 Å². The van der Waals surface area contributed by atoms with Gasteiger partial charge >= 0.3 is 0 Å². The highest BCUT2D eigenvalue weighted by molar-refractivity contribution is 7.09. The Balaban J connectivity index is 1.43. The highest BCUT2D eigenvalue weighted by atomic mass is 32.1. The van der Waals surface area contributed by atoms with Crippen LogP contribution in [0.25, 0.3) is 11.4 Å². The summed E-state index contributed by atoms with van der Waals surface area (Å²) in [4.78, 5) is 10.0. The van der Waals surface area contributed by atoms with Gasteiger partial charge in [-0.25, -0.2) is 0 Å². The average Bonchev–Trinajstić information content (AvgIpc) is 3.25. The SMILES string of the molecule is CCCCCCN1CCN(c2nc(-c3ccc4c(c3)C(C)(C)CCC4(C)C)ns2)CC1. The molecule has 1 aromatic carbocycles. The molecule has 2 aromatic rings. The Hall–Kier alpha value is -1.46. The number of hydrogen-bond acceptors (Lipinski definition) is 5. The minimum Gasteiger partial charge on any atom is -0.344 e. The van der Waals surface area contributed by atoms with Gasteiger partial charge in [0, 0.05) is 43.3 Å². The molecule has 0 unspecified atom stereocenters. The second kappa shape index (κ2) is 9.19. The predicted octanol–water partition coefficient (Wildman–Crippen LogP) is 6.26. The van der Waals surface area contributed by atoms with Crippen LogP contribution < -0.4 is 4.90 Å². The van der Waals surface area contributed by atoms with Gasteiger partial charge in [-0.3, -0.25) is 4.90 Å². The van der Waals surface area contributed by atoms with Gasteiger partial charge in [-0.2, -0.15) is 9.36 Å². The summed E-state index contributed by atoms with van der Waals surface area (Å²) in [6, 6.07) is 6.95. The number of nitrogens with zero attached hydrogens (tertiary/aromatic N) is 4. The molecule has 0 amide bonds. The molecule has 170 valence electrons. The fourth-order valence-corrected chi connectivity index (χ4v) is 5.85. The van der Waals surface area contributed by atoms with Crippen molar-refractivity contribution in [2.75, 3.05) is 37.6 Å². The second-order valence-corrected chi connectivity index (χ2v) is 11.5. The zero-order chi connectivity index (χ0) is 22.1. The first-order valence-corrected chi connectivity index (χ1v) is 13.0. The molecule has 0 bridgehead atoms. The van der Waals surface area contributed by atoms with Crippen molar-refractivity contribution in [3.63, 3.8) is 0 Å². The summed E-state index contributed by atoms with van der Waals surface area (Å²) in [5.41, 5.74) is 4.61. The van der Waals surface area contributed by atoms with E-state index < -0.39 is 0 Å². The lowest BCUT2D eigenvalue weighted by Crippen LogP contribution is -2.46. The van der Waals surface area contributed by atoms with Crippen LogP contribution >= 0.6 is 11.5 Å². The van der Waals surface area contributed by atoms with Gasteiger partial charge in [0.2, 0.25) is 5.13 Å². The molecule has 4 rings (SSSR count). The van der Waals surface area contributed by atoms with E-state index in [1.54, 1.807) is 11.5 Å². The van der Waals surface area contributed by atoms with Crippen LogP contribution in [0.3, 0.4) is 0 Å². The lowest BCUT2D eigenvalue weighted by atomic mass is 9.63. The third-order valence-electron chi connectivity index (χ3n) is 7.50. The first kappa shape index (κ1) is 22.7. The maximum atomic E-state index is 4.96. The number of rotatable bonds is 7. The molecule has 1 aliphatic heterocycles. The zero-order valence-electron chi connectivity index (χ0n) is 20.2. The van der Waals surface area contributed by atoms with Crippen LogP contribution in [-0.4, -0.2) is 47.0 Å². The molecule has 0 N–H and O–H groups in total. The Bertz CT molecular complexity index is 877. The van der Waals surface area contributed by atoms with E-state index in [1.807, 2.05) is 0 Å². The molecule has 31 heavy (non-hydrogen) atoms. The number of piperazine rings is 1. The van der Waals surface area contributed by atoms with Gasteiger partial charge in [0.25, 0.3) is 0 Å². The smallest absolute Gasteiger partial charge is 0.205 e. The zero-order valence-corrected chi connectivity index (χ0v) is 21.0. The quantitative estimate of drug-likeness (QED) is 0.476. The molecule has 0 radical (unpaired) electrons. The predicted molar refractivity (Wildman–Crippen MR) is 133 cm³/mol. The Labute approximate surface area is 193 Å². The lowest BCUT2D eigenvalue weighted by molar-refractivity contribution is 0.252. The molecule has 2 heterocycles. The van der Waals surface area contributed by atoms with E-state index in [1.165, 1.54) is 61.8 Å². The maximum Gasteiger partial charge on any atom is 0.205 e. The van der Waals surface area contributed by atoms with Crippen LogP contribution in [-0.2, 0) is 10.8 Å². The number of anilines is 1. The van der Waals surface area contributed by atoms with Gasteiger partial charge < -0.3 is 4.90 Å². The van der Waals surface area contributed by atoms with E-state index >= 15 is 0 Å². The Morgan fingerprint density at radius 1 is 0.903 bits per heavy atom. The highest BCUT2D eigenvalue weighted by Gasteiger charge is 2.37. The first-order valence-electron chi connectivity index (χ1n) is 12.3. The summed E-state index contributed by atoms with van der Waals surface area (Å²) in [6.45, 7) is 17.5. The van der Waals surface area contributed by atoms with Gasteiger partial charge in [-0.1, -0.05) is 66.0 Å². The fraction of sp³-hybridized carbons (Fsp3) is 0.692. The molecular formula is C26H40N4S. The Morgan fingerprint density at radius 3 is 2.32 bits per heavy atom. The molecule has 1 saturated heterocycles. The molecular weight excluding hydrogens is 400 g/mol. The molecule has 2 aliphatic rings. The van der Waals surface area contributed by atoms with Gasteiger partial charge in [0.1, 0.15) is 0 Å². The van der Waals surface area contributed by atoms with E-state index in [4.69, 9.17) is 9.36 Å². The van der Waals surface area contributed by atoms with Crippen molar-refractivity contribution in [2.24, 2.45) is 0 Å². The van der Waals surface area contributed by atoms with Crippen molar-refractivity contribution >= 4 is 16.7 Å². The number of aromatic nitrogens is 2. The fourth-order valence-electron chi connectivity index (χ4n) is 5.11. The molecule has 1 aliphatic carbocycles. The summed E-state index contributed by atoms with van der Waals surface area (Å²) in [7, 11) is 0. The van der Waals surface area contributed by atoms with E-state index in [9.17, 15) is 0 Å². The van der Waals surface area contributed by atoms with Crippen molar-refractivity contribution in [1.29, 1.82) is 0 Å². The molecule has 0 atom stereocenters. The van der Waals surface area contributed by atoms with Crippen molar-refractivity contribution in [3.05, 3.63) is 29.3 Å². The first-order chi connectivity index (χ1) is 14.8. The normalized spacial score (nSPS) is 20.6. The van der Waals surface area contributed by atoms with Crippen LogP contribution in [0.2, 0.25) is 0 Å². The van der Waals surface area contributed by atoms with Crippen molar-refractivity contribution < 1.29 is 0 Å². The summed E-state index contributed by atoms with van der Waals surface area (Å²) >= 11 is 1.56. The van der Waals surface area contributed by atoms with Gasteiger partial charge in [-0.15, -0.1) is 0 Å². The van der Waals surface area contributed by atoms with Crippen LogP contribution in [0.1, 0.15) is 84.3 Å². The van der Waals surface area contributed by atoms with Crippen LogP contribution in [0.4, 0.5) is 5.13 Å². The third kappa shape index (κ3) is 4.98. The summed E-state index contributed by atoms with van der Waals surface area (Å²) < 4.78 is 4.76. The van der Waals surface area contributed by atoms with Gasteiger partial charge in [0.05, 0.1) is 0 Å². The van der Waals surface area contributed by atoms with Crippen LogP contribution in [0.5, 0.6) is 0 Å². The third-order valence-corrected chi connectivity index (χ3v) is 8.27. The number of unbranched alkanes of at least 4 members (excludes halogenated alkanes) is 3. The van der Waals surface area contributed by atoms with E-state index in [0.717, 1.165) is 37.1 Å². The minimum atomic E-state index is 0.215. The maximum absolute atomic E-state index is 4.96. The molecule has 0 spiro atoms. The minimum absolute atomic E-state index is 0.215. The van der Waals surface area contributed by atoms with Crippen molar-refractivity contribution in [3.8, 4) is 11.4 Å². The Morgan fingerprint density at radius 2 is 1.61 bits per heavy atom. The van der Waals surface area contributed by atoms with Gasteiger partial charge in [0.15, 0.2) is 5.82 Å². The van der Waals surface area contributed by atoms with Crippen LogP contribution in [0.15, 0.2) is 18.2 Å². The second-order valence-electron chi connectivity index (χ2n) is 10.8. The van der Waals surface area contributed by atoms with Crippen molar-refractivity contribution in [1.82, 2.24) is 14.3 Å². The molecule has 5 heteroatoms. The topological polar surface area (TPSA) is 32.3 Å². The summed E-state index contributed by atoms with van der Waals surface area (Å²) in [5, 5.41) is 1.08. The monoisotopic (exact) mass is 440 g/mol. The van der Waals surface area contributed by atoms with Crippen LogP contribution in [0, 0.1) is 0 Å². The number of benzene rings is 1.